The van der Waals surface area contributed by atoms with Gasteiger partial charge in [-0.25, -0.2) is 18.0 Å². The minimum Gasteiger partial charge on any atom is -0.493 e. The highest BCUT2D eigenvalue weighted by Crippen LogP contribution is 2.35. The summed E-state index contributed by atoms with van der Waals surface area (Å²) in [6.45, 7) is 0. The first-order valence-electron chi connectivity index (χ1n) is 5.38. The number of aromatic carboxylic acids is 1. The van der Waals surface area contributed by atoms with Crippen molar-refractivity contribution in [3.05, 3.63) is 35.3 Å². The number of nitrogens with one attached hydrogen (secondary N) is 1. The Labute approximate surface area is 111 Å². The van der Waals surface area contributed by atoms with Crippen LogP contribution >= 0.6 is 0 Å². The maximum atomic E-state index is 13.7. The topological polar surface area (TPSA) is 75.2 Å². The summed E-state index contributed by atoms with van der Waals surface area (Å²) in [5.74, 6) is -2.52. The first-order chi connectivity index (χ1) is 9.43. The molecule has 2 aromatic rings. The van der Waals surface area contributed by atoms with Gasteiger partial charge in [-0.05, 0) is 18.2 Å². The summed E-state index contributed by atoms with van der Waals surface area (Å²) in [5, 5.41) is 14.6. The molecule has 0 spiro atoms. The van der Waals surface area contributed by atoms with Crippen LogP contribution in [-0.4, -0.2) is 28.4 Å². The summed E-state index contributed by atoms with van der Waals surface area (Å²) in [5.41, 5.74) is -0.838. The van der Waals surface area contributed by atoms with Gasteiger partial charge >= 0.3 is 5.97 Å². The number of hydrogen-bond donors (Lipinski definition) is 2. The smallest absolute Gasteiger partial charge is 0.353 e. The molecule has 0 atom stereocenters. The van der Waals surface area contributed by atoms with Crippen molar-refractivity contribution in [3.8, 4) is 17.0 Å². The normalized spacial score (nSPS) is 10.8. The number of methoxy groups -OCH3 is 1. The molecule has 20 heavy (non-hydrogen) atoms. The number of hydrogen-bond acceptors (Lipinski definition) is 3. The molecule has 0 radical (unpaired) electrons. The fourth-order valence-electron chi connectivity index (χ4n) is 1.71. The third-order valence-corrected chi connectivity index (χ3v) is 2.61. The van der Waals surface area contributed by atoms with Gasteiger partial charge in [-0.3, -0.25) is 5.10 Å². The molecule has 0 unspecified atom stereocenters. The van der Waals surface area contributed by atoms with Crippen LogP contribution in [0.3, 0.4) is 0 Å². The van der Waals surface area contributed by atoms with Crippen LogP contribution in [0.5, 0.6) is 5.75 Å². The zero-order valence-electron chi connectivity index (χ0n) is 10.2. The van der Waals surface area contributed by atoms with Crippen molar-refractivity contribution >= 4 is 5.97 Å². The zero-order valence-corrected chi connectivity index (χ0v) is 10.2. The summed E-state index contributed by atoms with van der Waals surface area (Å²) in [4.78, 5) is 10.7. The van der Waals surface area contributed by atoms with Crippen LogP contribution in [0.2, 0.25) is 0 Å². The molecule has 1 aromatic heterocycles. The van der Waals surface area contributed by atoms with Crippen molar-refractivity contribution < 1.29 is 27.8 Å². The Kier molecular flexibility index (Phi) is 3.64. The van der Waals surface area contributed by atoms with Gasteiger partial charge in [0.05, 0.1) is 12.8 Å². The van der Waals surface area contributed by atoms with Gasteiger partial charge < -0.3 is 9.84 Å². The van der Waals surface area contributed by atoms with Gasteiger partial charge in [-0.15, -0.1) is 0 Å². The molecule has 2 rings (SSSR count). The average molecular weight is 286 g/mol. The molecule has 1 aromatic carbocycles. The predicted octanol–water partition coefficient (Wildman–Crippen LogP) is 2.86. The Bertz CT molecular complexity index is 655. The van der Waals surface area contributed by atoms with E-state index in [1.807, 2.05) is 0 Å². The van der Waals surface area contributed by atoms with E-state index in [9.17, 15) is 18.0 Å². The summed E-state index contributed by atoms with van der Waals surface area (Å²) >= 11 is 0. The maximum Gasteiger partial charge on any atom is 0.353 e. The van der Waals surface area contributed by atoms with Gasteiger partial charge in [0.2, 0.25) is 0 Å². The third-order valence-electron chi connectivity index (χ3n) is 2.61. The van der Waals surface area contributed by atoms with E-state index in [2.05, 4.69) is 10.2 Å². The summed E-state index contributed by atoms with van der Waals surface area (Å²) in [7, 11) is 1.18. The molecule has 0 aliphatic carbocycles. The first-order valence-corrected chi connectivity index (χ1v) is 5.38. The van der Waals surface area contributed by atoms with Crippen molar-refractivity contribution in [2.24, 2.45) is 0 Å². The molecule has 106 valence electrons. The second kappa shape index (κ2) is 5.24. The number of carboxylic acid groups (broad SMARTS) is 1. The first kappa shape index (κ1) is 13.9. The van der Waals surface area contributed by atoms with E-state index in [-0.39, 0.29) is 22.7 Å². The number of aromatic amines is 1. The lowest BCUT2D eigenvalue weighted by Crippen LogP contribution is -1.96. The number of alkyl halides is 2. The number of H-pyrrole nitrogens is 1. The summed E-state index contributed by atoms with van der Waals surface area (Å²) < 4.78 is 43.9. The lowest BCUT2D eigenvalue weighted by Gasteiger charge is -2.10. The van der Waals surface area contributed by atoms with Crippen molar-refractivity contribution in [1.29, 1.82) is 0 Å². The maximum absolute atomic E-state index is 13.7. The van der Waals surface area contributed by atoms with E-state index in [4.69, 9.17) is 9.84 Å². The Morgan fingerprint density at radius 1 is 1.40 bits per heavy atom. The molecule has 0 fully saturated rings. The molecule has 0 aliphatic rings. The lowest BCUT2D eigenvalue weighted by molar-refractivity contribution is 0.0690. The summed E-state index contributed by atoms with van der Waals surface area (Å²) in [6, 6.07) is 2.78. The van der Waals surface area contributed by atoms with Gasteiger partial charge in [0.25, 0.3) is 6.43 Å². The number of benzene rings is 1. The number of nitrogens with zero attached hydrogens (tertiary/aromatic N) is 1. The molecule has 8 heteroatoms. The number of carboxylic acids is 1. The van der Waals surface area contributed by atoms with E-state index in [1.54, 1.807) is 0 Å². The second-order valence-electron chi connectivity index (χ2n) is 3.86. The molecule has 0 bridgehead atoms. The minimum atomic E-state index is -2.87. The van der Waals surface area contributed by atoms with Gasteiger partial charge in [0.1, 0.15) is 5.69 Å². The number of ether oxygens (including phenoxy) is 1. The van der Waals surface area contributed by atoms with Crippen molar-refractivity contribution in [2.75, 3.05) is 7.11 Å². The van der Waals surface area contributed by atoms with E-state index < -0.39 is 23.8 Å². The van der Waals surface area contributed by atoms with E-state index >= 15 is 0 Å². The SMILES string of the molecule is COc1c(F)cc(C(F)F)cc1-c1cc(C(=O)O)[nH]n1. The fourth-order valence-corrected chi connectivity index (χ4v) is 1.71. The highest BCUT2D eigenvalue weighted by molar-refractivity contribution is 5.87. The van der Waals surface area contributed by atoms with Gasteiger partial charge in [0, 0.05) is 11.1 Å². The second-order valence-corrected chi connectivity index (χ2v) is 3.86. The third kappa shape index (κ3) is 2.44. The number of rotatable bonds is 4. The molecular weight excluding hydrogens is 277 g/mol. The van der Waals surface area contributed by atoms with Crippen LogP contribution in [0.1, 0.15) is 22.5 Å². The van der Waals surface area contributed by atoms with Crippen LogP contribution in [-0.2, 0) is 0 Å². The average Bonchev–Trinajstić information content (AvgIpc) is 2.87. The van der Waals surface area contributed by atoms with Crippen LogP contribution in [0.25, 0.3) is 11.3 Å². The van der Waals surface area contributed by atoms with Crippen LogP contribution in [0.15, 0.2) is 18.2 Å². The lowest BCUT2D eigenvalue weighted by atomic mass is 10.1. The van der Waals surface area contributed by atoms with E-state index in [0.29, 0.717) is 6.07 Å². The predicted molar refractivity (Wildman–Crippen MR) is 62.5 cm³/mol. The highest BCUT2D eigenvalue weighted by Gasteiger charge is 2.20. The van der Waals surface area contributed by atoms with Gasteiger partial charge in [-0.2, -0.15) is 5.10 Å². The molecule has 1 heterocycles. The largest absolute Gasteiger partial charge is 0.493 e. The fraction of sp³-hybridized carbons (Fsp3) is 0.167. The number of aromatic nitrogens is 2. The standard InChI is InChI=1S/C12H9F3N2O3/c1-20-10-6(2-5(11(14)15)3-7(10)13)8-4-9(12(18)19)17-16-8/h2-4,11H,1H3,(H,16,17)(H,18,19). The van der Waals surface area contributed by atoms with Gasteiger partial charge in [0.15, 0.2) is 11.6 Å². The Morgan fingerprint density at radius 2 is 2.10 bits per heavy atom. The molecule has 2 N–H and O–H groups in total. The molecule has 0 aliphatic heterocycles. The quantitative estimate of drug-likeness (QED) is 0.906. The van der Waals surface area contributed by atoms with Crippen LogP contribution in [0.4, 0.5) is 13.2 Å². The zero-order chi connectivity index (χ0) is 14.9. The minimum absolute atomic E-state index is 0.000602. The molecule has 0 saturated heterocycles. The summed E-state index contributed by atoms with van der Waals surface area (Å²) in [6.07, 6.45) is -2.87. The van der Waals surface area contributed by atoms with Crippen molar-refractivity contribution in [1.82, 2.24) is 10.2 Å². The van der Waals surface area contributed by atoms with E-state index in [0.717, 1.165) is 12.1 Å². The Morgan fingerprint density at radius 3 is 2.60 bits per heavy atom. The van der Waals surface area contributed by atoms with Crippen LogP contribution < -0.4 is 4.74 Å². The number of halogens is 3. The van der Waals surface area contributed by atoms with E-state index in [1.165, 1.54) is 7.11 Å². The van der Waals surface area contributed by atoms with Crippen molar-refractivity contribution in [3.63, 3.8) is 0 Å². The van der Waals surface area contributed by atoms with Crippen LogP contribution in [0, 0.1) is 5.82 Å². The number of carbonyl (C=O) groups is 1. The molecular formula is C12H9F3N2O3. The van der Waals surface area contributed by atoms with Gasteiger partial charge in [-0.1, -0.05) is 0 Å². The van der Waals surface area contributed by atoms with Crippen molar-refractivity contribution in [2.45, 2.75) is 6.43 Å². The molecule has 5 nitrogen and oxygen atoms in total. The Balaban J connectivity index is 2.60. The Hall–Kier alpha value is -2.51. The highest BCUT2D eigenvalue weighted by atomic mass is 19.3. The molecule has 0 amide bonds. The molecule has 0 saturated carbocycles. The monoisotopic (exact) mass is 286 g/mol.